The van der Waals surface area contributed by atoms with Crippen LogP contribution in [0, 0.1) is 0 Å². The summed E-state index contributed by atoms with van der Waals surface area (Å²) < 4.78 is 36.8. The number of hydrogen-bond acceptors (Lipinski definition) is 1. The molecule has 0 aliphatic carbocycles. The number of alkyl halides is 3. The van der Waals surface area contributed by atoms with Gasteiger partial charge in [-0.15, -0.1) is 0 Å². The zero-order chi connectivity index (χ0) is 10.1. The lowest BCUT2D eigenvalue weighted by Gasteiger charge is -2.26. The maximum atomic E-state index is 12.3. The summed E-state index contributed by atoms with van der Waals surface area (Å²) in [7, 11) is 0. The molecular weight excluding hydrogens is 181 g/mol. The van der Waals surface area contributed by atoms with Crippen molar-refractivity contribution < 1.29 is 18.3 Å². The van der Waals surface area contributed by atoms with Gasteiger partial charge in [-0.25, -0.2) is 0 Å². The first-order chi connectivity index (χ1) is 5.86. The predicted molar refractivity (Wildman–Crippen MR) is 42.1 cm³/mol. The van der Waals surface area contributed by atoms with E-state index in [0.29, 0.717) is 0 Å². The highest BCUT2D eigenvalue weighted by Gasteiger charge is 2.50. The zero-order valence-corrected chi connectivity index (χ0v) is 6.97. The van der Waals surface area contributed by atoms with Crippen LogP contribution < -0.4 is 0 Å². The van der Waals surface area contributed by atoms with Crippen LogP contribution in [0.2, 0.25) is 0 Å². The molecule has 0 spiro atoms. The second-order valence-corrected chi connectivity index (χ2v) is 2.94. The average Bonchev–Trinajstić information content (AvgIpc) is 2.04. The number of hydrogen-bond donors (Lipinski definition) is 1. The van der Waals surface area contributed by atoms with Gasteiger partial charge in [0.05, 0.1) is 0 Å². The van der Waals surface area contributed by atoms with E-state index in [1.54, 1.807) is 6.07 Å². The minimum Gasteiger partial charge on any atom is -0.376 e. The molecule has 13 heavy (non-hydrogen) atoms. The number of aliphatic hydroxyl groups is 1. The van der Waals surface area contributed by atoms with E-state index in [1.165, 1.54) is 24.3 Å². The molecule has 0 aliphatic heterocycles. The summed E-state index contributed by atoms with van der Waals surface area (Å²) in [5, 5.41) is 9.20. The third kappa shape index (κ3) is 1.83. The van der Waals surface area contributed by atoms with Crippen molar-refractivity contribution in [3.63, 3.8) is 0 Å². The topological polar surface area (TPSA) is 20.2 Å². The monoisotopic (exact) mass is 190 g/mol. The van der Waals surface area contributed by atoms with E-state index >= 15 is 0 Å². The number of rotatable bonds is 1. The summed E-state index contributed by atoms with van der Waals surface area (Å²) in [6.45, 7) is 0.738. The lowest BCUT2D eigenvalue weighted by molar-refractivity contribution is -0.258. The van der Waals surface area contributed by atoms with E-state index in [1.807, 2.05) is 0 Å². The van der Waals surface area contributed by atoms with E-state index < -0.39 is 11.8 Å². The Morgan fingerprint density at radius 1 is 1.08 bits per heavy atom. The zero-order valence-electron chi connectivity index (χ0n) is 6.97. The van der Waals surface area contributed by atoms with Gasteiger partial charge in [-0.05, 0) is 12.5 Å². The van der Waals surface area contributed by atoms with Crippen LogP contribution in [-0.2, 0) is 5.60 Å². The van der Waals surface area contributed by atoms with E-state index in [-0.39, 0.29) is 5.56 Å². The molecule has 0 aliphatic rings. The maximum Gasteiger partial charge on any atom is 0.421 e. The van der Waals surface area contributed by atoms with Crippen LogP contribution in [0.1, 0.15) is 12.5 Å². The van der Waals surface area contributed by atoms with Crippen molar-refractivity contribution in [2.24, 2.45) is 0 Å². The summed E-state index contributed by atoms with van der Waals surface area (Å²) >= 11 is 0. The van der Waals surface area contributed by atoms with Crippen molar-refractivity contribution in [2.45, 2.75) is 18.7 Å². The molecule has 1 aromatic rings. The standard InChI is InChI=1S/C9H9F3O/c1-8(13,9(10,11)12)7-5-3-2-4-6-7/h2-6,13H,1H3/t8-/m0/s1. The molecule has 1 nitrogen and oxygen atoms in total. The smallest absolute Gasteiger partial charge is 0.376 e. The van der Waals surface area contributed by atoms with Gasteiger partial charge < -0.3 is 5.11 Å². The van der Waals surface area contributed by atoms with E-state index in [4.69, 9.17) is 0 Å². The van der Waals surface area contributed by atoms with E-state index in [0.717, 1.165) is 6.92 Å². The average molecular weight is 190 g/mol. The van der Waals surface area contributed by atoms with Crippen LogP contribution in [0.4, 0.5) is 13.2 Å². The summed E-state index contributed by atoms with van der Waals surface area (Å²) in [4.78, 5) is 0. The van der Waals surface area contributed by atoms with Crippen molar-refractivity contribution in [2.75, 3.05) is 0 Å². The van der Waals surface area contributed by atoms with Crippen molar-refractivity contribution in [1.29, 1.82) is 0 Å². The van der Waals surface area contributed by atoms with Crippen molar-refractivity contribution in [3.05, 3.63) is 35.9 Å². The van der Waals surface area contributed by atoms with Gasteiger partial charge in [-0.1, -0.05) is 30.3 Å². The summed E-state index contributed by atoms with van der Waals surface area (Å²) in [5.41, 5.74) is -2.92. The van der Waals surface area contributed by atoms with Crippen molar-refractivity contribution in [1.82, 2.24) is 0 Å². The molecule has 0 radical (unpaired) electrons. The van der Waals surface area contributed by atoms with Gasteiger partial charge in [0.2, 0.25) is 0 Å². The highest BCUT2D eigenvalue weighted by Crippen LogP contribution is 2.37. The second-order valence-electron chi connectivity index (χ2n) is 2.94. The highest BCUT2D eigenvalue weighted by molar-refractivity contribution is 5.22. The van der Waals surface area contributed by atoms with Gasteiger partial charge in [0.15, 0.2) is 5.60 Å². The Morgan fingerprint density at radius 3 is 1.92 bits per heavy atom. The molecule has 0 saturated carbocycles. The fourth-order valence-corrected chi connectivity index (χ4v) is 0.926. The fraction of sp³-hybridized carbons (Fsp3) is 0.333. The van der Waals surface area contributed by atoms with E-state index in [9.17, 15) is 18.3 Å². The highest BCUT2D eigenvalue weighted by atomic mass is 19.4. The molecule has 4 heteroatoms. The molecule has 0 aromatic heterocycles. The Kier molecular flexibility index (Phi) is 2.34. The lowest BCUT2D eigenvalue weighted by atomic mass is 9.96. The van der Waals surface area contributed by atoms with Gasteiger partial charge in [0.1, 0.15) is 0 Å². The molecule has 0 bridgehead atoms. The molecule has 1 rings (SSSR count). The summed E-state index contributed by atoms with van der Waals surface area (Å²) in [6.07, 6.45) is -4.64. The van der Waals surface area contributed by atoms with Gasteiger partial charge in [-0.3, -0.25) is 0 Å². The molecule has 1 aromatic carbocycles. The fourth-order valence-electron chi connectivity index (χ4n) is 0.926. The minimum atomic E-state index is -4.64. The van der Waals surface area contributed by atoms with Crippen LogP contribution in [0.25, 0.3) is 0 Å². The van der Waals surface area contributed by atoms with Crippen LogP contribution in [0.5, 0.6) is 0 Å². The van der Waals surface area contributed by atoms with Gasteiger partial charge in [0, 0.05) is 0 Å². The van der Waals surface area contributed by atoms with Gasteiger partial charge in [0.25, 0.3) is 0 Å². The molecule has 0 heterocycles. The summed E-state index contributed by atoms with van der Waals surface area (Å²) in [5.74, 6) is 0. The Morgan fingerprint density at radius 2 is 1.54 bits per heavy atom. The Labute approximate surface area is 73.8 Å². The van der Waals surface area contributed by atoms with Crippen LogP contribution in [0.3, 0.4) is 0 Å². The number of halogens is 3. The lowest BCUT2D eigenvalue weighted by Crippen LogP contribution is -2.39. The van der Waals surface area contributed by atoms with Crippen molar-refractivity contribution in [3.8, 4) is 0 Å². The van der Waals surface area contributed by atoms with Gasteiger partial charge >= 0.3 is 6.18 Å². The quantitative estimate of drug-likeness (QED) is 0.721. The SMILES string of the molecule is C[C@](O)(c1ccccc1)C(F)(F)F. The van der Waals surface area contributed by atoms with Crippen LogP contribution in [-0.4, -0.2) is 11.3 Å². The largest absolute Gasteiger partial charge is 0.421 e. The Hall–Kier alpha value is -1.03. The molecule has 1 N–H and O–H groups in total. The second kappa shape index (κ2) is 3.03. The number of benzene rings is 1. The van der Waals surface area contributed by atoms with E-state index in [2.05, 4.69) is 0 Å². The molecule has 0 unspecified atom stereocenters. The maximum absolute atomic E-state index is 12.3. The van der Waals surface area contributed by atoms with Crippen LogP contribution in [0.15, 0.2) is 30.3 Å². The first kappa shape index (κ1) is 10.1. The Balaban J connectivity index is 3.08. The first-order valence-corrected chi connectivity index (χ1v) is 3.70. The molecule has 72 valence electrons. The summed E-state index contributed by atoms with van der Waals surface area (Å²) in [6, 6.07) is 6.99. The molecule has 0 saturated heterocycles. The third-order valence-corrected chi connectivity index (χ3v) is 1.89. The normalized spacial score (nSPS) is 16.7. The van der Waals surface area contributed by atoms with Crippen LogP contribution >= 0.6 is 0 Å². The van der Waals surface area contributed by atoms with Crippen molar-refractivity contribution >= 4 is 0 Å². The molecule has 1 atom stereocenters. The van der Waals surface area contributed by atoms with Gasteiger partial charge in [-0.2, -0.15) is 13.2 Å². The Bertz CT molecular complexity index is 277. The molecule has 0 amide bonds. The minimum absolute atomic E-state index is 0.150. The predicted octanol–water partition coefficient (Wildman–Crippen LogP) is 2.46. The third-order valence-electron chi connectivity index (χ3n) is 1.89. The first-order valence-electron chi connectivity index (χ1n) is 3.70. The molecular formula is C9H9F3O. The molecule has 0 fully saturated rings.